The molecule has 0 amide bonds. The van der Waals surface area contributed by atoms with Gasteiger partial charge in [-0.2, -0.15) is 0 Å². The Labute approximate surface area is 321 Å². The van der Waals surface area contributed by atoms with E-state index in [2.05, 4.69) is 205 Å². The average Bonchev–Trinajstić information content (AvgIpc) is 3.27. The number of hydrogen-bond acceptors (Lipinski definition) is 4. The van der Waals surface area contributed by atoms with Crippen molar-refractivity contribution in [2.45, 2.75) is 6.92 Å². The van der Waals surface area contributed by atoms with E-state index in [1.165, 1.54) is 22.3 Å². The van der Waals surface area contributed by atoms with Gasteiger partial charge in [0.1, 0.15) is 0 Å². The average molecular weight is 705 g/mol. The van der Waals surface area contributed by atoms with Gasteiger partial charge in [-0.15, -0.1) is 20.4 Å². The number of nitrogens with zero attached hydrogens (tertiary/aromatic N) is 4. The van der Waals surface area contributed by atoms with Crippen molar-refractivity contribution in [2.24, 2.45) is 0 Å². The van der Waals surface area contributed by atoms with Crippen molar-refractivity contribution in [3.63, 3.8) is 0 Å². The first kappa shape index (κ1) is 33.5. The molecule has 0 radical (unpaired) electrons. The standard InChI is InChI=1S/C51H36N4/c1-35-32-42(44-16-8-10-18-46(44)50-30-28-48(52-54-50)40-24-20-38(21-25-40)36-12-4-2-5-13-36)34-43(33-35)45-17-9-11-19-47(45)51-31-29-49(53-55-51)41-26-22-39(23-27-41)37-14-6-3-7-15-37/h2-34H,1H3. The largest absolute Gasteiger partial charge is 0.150 e. The van der Waals surface area contributed by atoms with Gasteiger partial charge in [-0.05, 0) is 87.3 Å². The second kappa shape index (κ2) is 15.0. The van der Waals surface area contributed by atoms with Crippen LogP contribution in [0.5, 0.6) is 0 Å². The van der Waals surface area contributed by atoms with Crippen molar-refractivity contribution < 1.29 is 0 Å². The fourth-order valence-corrected chi connectivity index (χ4v) is 7.20. The van der Waals surface area contributed by atoms with Crippen LogP contribution < -0.4 is 0 Å². The molecule has 0 N–H and O–H groups in total. The highest BCUT2D eigenvalue weighted by Crippen LogP contribution is 2.38. The molecule has 4 nitrogen and oxygen atoms in total. The summed E-state index contributed by atoms with van der Waals surface area (Å²) in [6, 6.07) is 69.6. The number of aryl methyl sites for hydroxylation is 1. The Morgan fingerprint density at radius 1 is 0.236 bits per heavy atom. The van der Waals surface area contributed by atoms with Crippen LogP contribution >= 0.6 is 0 Å². The van der Waals surface area contributed by atoms with E-state index >= 15 is 0 Å². The van der Waals surface area contributed by atoms with E-state index < -0.39 is 0 Å². The number of hydrogen-bond donors (Lipinski definition) is 0. The van der Waals surface area contributed by atoms with Gasteiger partial charge in [-0.3, -0.25) is 0 Å². The predicted molar refractivity (Wildman–Crippen MR) is 226 cm³/mol. The third-order valence-corrected chi connectivity index (χ3v) is 10.0. The molecule has 2 aromatic heterocycles. The minimum Gasteiger partial charge on any atom is -0.150 e. The summed E-state index contributed by atoms with van der Waals surface area (Å²) in [5.41, 5.74) is 17.8. The molecule has 0 aliphatic heterocycles. The summed E-state index contributed by atoms with van der Waals surface area (Å²) in [5.74, 6) is 0. The first-order chi connectivity index (χ1) is 27.2. The first-order valence-electron chi connectivity index (χ1n) is 18.5. The molecule has 2 heterocycles. The third-order valence-electron chi connectivity index (χ3n) is 10.0. The smallest absolute Gasteiger partial charge is 0.0936 e. The molecule has 0 saturated carbocycles. The molecule has 55 heavy (non-hydrogen) atoms. The molecule has 0 spiro atoms. The molecule has 0 saturated heterocycles. The van der Waals surface area contributed by atoms with Gasteiger partial charge in [-0.25, -0.2) is 0 Å². The lowest BCUT2D eigenvalue weighted by atomic mass is 9.91. The lowest BCUT2D eigenvalue weighted by Crippen LogP contribution is -1.95. The molecule has 0 unspecified atom stereocenters. The lowest BCUT2D eigenvalue weighted by Gasteiger charge is -2.14. The van der Waals surface area contributed by atoms with Crippen LogP contribution in [0.15, 0.2) is 200 Å². The van der Waals surface area contributed by atoms with Crippen molar-refractivity contribution in [1.29, 1.82) is 0 Å². The molecule has 0 atom stereocenters. The predicted octanol–water partition coefficient (Wildman–Crippen LogP) is 12.9. The molecule has 0 bridgehead atoms. The summed E-state index contributed by atoms with van der Waals surface area (Å²) in [6.07, 6.45) is 0. The zero-order chi connectivity index (χ0) is 37.0. The highest BCUT2D eigenvalue weighted by molar-refractivity contribution is 5.88. The zero-order valence-electron chi connectivity index (χ0n) is 30.3. The van der Waals surface area contributed by atoms with E-state index in [0.29, 0.717) is 0 Å². The summed E-state index contributed by atoms with van der Waals surface area (Å²) < 4.78 is 0. The Morgan fingerprint density at radius 2 is 0.545 bits per heavy atom. The second-order valence-electron chi connectivity index (χ2n) is 13.7. The number of rotatable bonds is 8. The summed E-state index contributed by atoms with van der Waals surface area (Å²) in [4.78, 5) is 0. The maximum absolute atomic E-state index is 4.73. The van der Waals surface area contributed by atoms with Crippen LogP contribution in [0, 0.1) is 6.92 Å². The first-order valence-corrected chi connectivity index (χ1v) is 18.5. The van der Waals surface area contributed by atoms with Crippen molar-refractivity contribution >= 4 is 0 Å². The summed E-state index contributed by atoms with van der Waals surface area (Å²) in [6.45, 7) is 2.15. The maximum Gasteiger partial charge on any atom is 0.0936 e. The van der Waals surface area contributed by atoms with Crippen molar-refractivity contribution in [3.8, 4) is 89.5 Å². The summed E-state index contributed by atoms with van der Waals surface area (Å²) >= 11 is 0. The van der Waals surface area contributed by atoms with Gasteiger partial charge in [-0.1, -0.05) is 170 Å². The summed E-state index contributed by atoms with van der Waals surface area (Å²) in [5, 5.41) is 18.8. The fraction of sp³-hybridized carbons (Fsp3) is 0.0196. The van der Waals surface area contributed by atoms with Gasteiger partial charge >= 0.3 is 0 Å². The third kappa shape index (κ3) is 7.09. The van der Waals surface area contributed by atoms with Crippen LogP contribution in [0.4, 0.5) is 0 Å². The molecule has 0 aliphatic rings. The zero-order valence-corrected chi connectivity index (χ0v) is 30.3. The molecular formula is C51H36N4. The Kier molecular flexibility index (Phi) is 9.13. The van der Waals surface area contributed by atoms with Gasteiger partial charge in [0.25, 0.3) is 0 Å². The Morgan fingerprint density at radius 3 is 0.927 bits per heavy atom. The lowest BCUT2D eigenvalue weighted by molar-refractivity contribution is 1.04. The van der Waals surface area contributed by atoms with Gasteiger partial charge in [0, 0.05) is 22.3 Å². The molecule has 260 valence electrons. The van der Waals surface area contributed by atoms with Crippen LogP contribution in [0.1, 0.15) is 5.56 Å². The van der Waals surface area contributed by atoms with Gasteiger partial charge in [0.05, 0.1) is 22.8 Å². The molecule has 0 aliphatic carbocycles. The van der Waals surface area contributed by atoms with E-state index in [1.54, 1.807) is 0 Å². The van der Waals surface area contributed by atoms with Crippen molar-refractivity contribution in [3.05, 3.63) is 206 Å². The summed E-state index contributed by atoms with van der Waals surface area (Å²) in [7, 11) is 0. The van der Waals surface area contributed by atoms with Crippen LogP contribution in [-0.2, 0) is 0 Å². The number of aromatic nitrogens is 4. The molecular weight excluding hydrogens is 669 g/mol. The highest BCUT2D eigenvalue weighted by atomic mass is 15.1. The van der Waals surface area contributed by atoms with E-state index in [0.717, 1.165) is 72.8 Å². The van der Waals surface area contributed by atoms with E-state index in [1.807, 2.05) is 12.1 Å². The Balaban J connectivity index is 0.992. The topological polar surface area (TPSA) is 51.6 Å². The Bertz CT molecular complexity index is 2520. The monoisotopic (exact) mass is 704 g/mol. The van der Waals surface area contributed by atoms with Gasteiger partial charge < -0.3 is 0 Å². The number of benzene rings is 7. The fourth-order valence-electron chi connectivity index (χ4n) is 7.20. The van der Waals surface area contributed by atoms with E-state index in [4.69, 9.17) is 10.2 Å². The van der Waals surface area contributed by atoms with Crippen LogP contribution in [0.2, 0.25) is 0 Å². The highest BCUT2D eigenvalue weighted by Gasteiger charge is 2.15. The normalized spacial score (nSPS) is 11.0. The minimum atomic E-state index is 0.828. The molecule has 0 fully saturated rings. The maximum atomic E-state index is 4.73. The molecule has 9 rings (SSSR count). The van der Waals surface area contributed by atoms with Crippen LogP contribution in [-0.4, -0.2) is 20.4 Å². The SMILES string of the molecule is Cc1cc(-c2ccccc2-c2ccc(-c3ccc(-c4ccccc4)cc3)nn2)cc(-c2ccccc2-c2ccc(-c3ccc(-c4ccccc4)cc3)nn2)c1. The van der Waals surface area contributed by atoms with E-state index in [-0.39, 0.29) is 0 Å². The van der Waals surface area contributed by atoms with Crippen molar-refractivity contribution in [1.82, 2.24) is 20.4 Å². The molecule has 7 aromatic carbocycles. The van der Waals surface area contributed by atoms with Crippen LogP contribution in [0.3, 0.4) is 0 Å². The minimum absolute atomic E-state index is 0.828. The molecule has 9 aromatic rings. The van der Waals surface area contributed by atoms with Crippen LogP contribution in [0.25, 0.3) is 89.5 Å². The van der Waals surface area contributed by atoms with Gasteiger partial charge in [0.15, 0.2) is 0 Å². The Hall–Kier alpha value is -7.30. The van der Waals surface area contributed by atoms with E-state index in [9.17, 15) is 0 Å². The molecule has 4 heteroatoms. The second-order valence-corrected chi connectivity index (χ2v) is 13.7. The van der Waals surface area contributed by atoms with Crippen molar-refractivity contribution in [2.75, 3.05) is 0 Å². The van der Waals surface area contributed by atoms with Gasteiger partial charge in [0.2, 0.25) is 0 Å². The quantitative estimate of drug-likeness (QED) is 0.158.